The molecule has 22 heavy (non-hydrogen) atoms. The normalized spacial score (nSPS) is 10.1. The second-order valence-corrected chi connectivity index (χ2v) is 5.57. The molecule has 2 amide bonds. The summed E-state index contributed by atoms with van der Waals surface area (Å²) in [6.45, 7) is 1.92. The number of aryl methyl sites for hydroxylation is 1. The molecule has 0 aliphatic rings. The van der Waals surface area contributed by atoms with Gasteiger partial charge in [0, 0.05) is 5.02 Å². The fraction of sp³-hybridized carbons (Fsp3) is 0.125. The van der Waals surface area contributed by atoms with Gasteiger partial charge in [-0.15, -0.1) is 0 Å². The molecule has 0 radical (unpaired) electrons. The summed E-state index contributed by atoms with van der Waals surface area (Å²) in [4.78, 5) is 23.8. The van der Waals surface area contributed by atoms with E-state index in [0.29, 0.717) is 5.02 Å². The Bertz CT molecular complexity index is 717. The van der Waals surface area contributed by atoms with Crippen LogP contribution in [0.2, 0.25) is 10.0 Å². The molecule has 2 aromatic carbocycles. The highest BCUT2D eigenvalue weighted by Gasteiger charge is 2.12. The Morgan fingerprint density at radius 2 is 1.77 bits per heavy atom. The molecule has 0 aliphatic carbocycles. The standard InChI is InChI=1S/C16H14Cl2N2O2/c1-10-4-2-3-5-11(10)8-15(21)19-20-16(22)13-9-12(17)6-7-14(13)18/h2-7,9H,8H2,1H3,(H,19,21)(H,20,22). The summed E-state index contributed by atoms with van der Waals surface area (Å²) in [5.74, 6) is -0.841. The Morgan fingerprint density at radius 3 is 2.50 bits per heavy atom. The topological polar surface area (TPSA) is 58.2 Å². The number of nitrogens with one attached hydrogen (secondary N) is 2. The van der Waals surface area contributed by atoms with Gasteiger partial charge in [-0.2, -0.15) is 0 Å². The first-order valence-electron chi connectivity index (χ1n) is 6.56. The lowest BCUT2D eigenvalue weighted by Gasteiger charge is -2.10. The smallest absolute Gasteiger partial charge is 0.271 e. The van der Waals surface area contributed by atoms with Crippen molar-refractivity contribution in [3.05, 3.63) is 69.2 Å². The summed E-state index contributed by atoms with van der Waals surface area (Å²) in [5.41, 5.74) is 6.80. The number of rotatable bonds is 3. The first-order chi connectivity index (χ1) is 10.5. The lowest BCUT2D eigenvalue weighted by molar-refractivity contribution is -0.121. The Kier molecular flexibility index (Phi) is 5.41. The summed E-state index contributed by atoms with van der Waals surface area (Å²) in [6, 6.07) is 12.1. The van der Waals surface area contributed by atoms with Gasteiger partial charge in [0.1, 0.15) is 0 Å². The maximum absolute atomic E-state index is 12.0. The van der Waals surface area contributed by atoms with Crippen LogP contribution < -0.4 is 10.9 Å². The average Bonchev–Trinajstić information content (AvgIpc) is 2.49. The van der Waals surface area contributed by atoms with Crippen molar-refractivity contribution in [1.29, 1.82) is 0 Å². The number of hydrogen-bond acceptors (Lipinski definition) is 2. The SMILES string of the molecule is Cc1ccccc1CC(=O)NNC(=O)c1cc(Cl)ccc1Cl. The largest absolute Gasteiger partial charge is 0.273 e. The molecular weight excluding hydrogens is 323 g/mol. The van der Waals surface area contributed by atoms with Crippen LogP contribution in [0.25, 0.3) is 0 Å². The molecule has 2 aromatic rings. The van der Waals surface area contributed by atoms with Crippen molar-refractivity contribution in [3.63, 3.8) is 0 Å². The van der Waals surface area contributed by atoms with Gasteiger partial charge in [0.2, 0.25) is 5.91 Å². The second kappa shape index (κ2) is 7.29. The van der Waals surface area contributed by atoms with Crippen molar-refractivity contribution in [1.82, 2.24) is 10.9 Å². The molecule has 2 rings (SSSR count). The Balaban J connectivity index is 1.95. The van der Waals surface area contributed by atoms with Crippen LogP contribution in [0.5, 0.6) is 0 Å². The van der Waals surface area contributed by atoms with Gasteiger partial charge < -0.3 is 0 Å². The Morgan fingerprint density at radius 1 is 1.05 bits per heavy atom. The number of halogens is 2. The molecule has 0 heterocycles. The third kappa shape index (κ3) is 4.23. The monoisotopic (exact) mass is 336 g/mol. The van der Waals surface area contributed by atoms with Gasteiger partial charge in [-0.3, -0.25) is 20.4 Å². The fourth-order valence-electron chi connectivity index (χ4n) is 1.89. The number of amides is 2. The summed E-state index contributed by atoms with van der Waals surface area (Å²) >= 11 is 11.7. The van der Waals surface area contributed by atoms with Crippen LogP contribution in [0.3, 0.4) is 0 Å². The summed E-state index contributed by atoms with van der Waals surface area (Å²) in [5, 5.41) is 0.649. The zero-order chi connectivity index (χ0) is 16.1. The van der Waals surface area contributed by atoms with Crippen LogP contribution in [0.4, 0.5) is 0 Å². The zero-order valence-corrected chi connectivity index (χ0v) is 13.3. The molecule has 0 aliphatic heterocycles. The molecular formula is C16H14Cl2N2O2. The molecule has 0 bridgehead atoms. The van der Waals surface area contributed by atoms with E-state index in [1.165, 1.54) is 12.1 Å². The number of carbonyl (C=O) groups excluding carboxylic acids is 2. The van der Waals surface area contributed by atoms with Gasteiger partial charge in [0.05, 0.1) is 17.0 Å². The van der Waals surface area contributed by atoms with Gasteiger partial charge in [-0.25, -0.2) is 0 Å². The van der Waals surface area contributed by atoms with Crippen molar-refractivity contribution in [2.24, 2.45) is 0 Å². The highest BCUT2D eigenvalue weighted by molar-refractivity contribution is 6.35. The van der Waals surface area contributed by atoms with Crippen LogP contribution in [0.15, 0.2) is 42.5 Å². The van der Waals surface area contributed by atoms with E-state index in [1.54, 1.807) is 6.07 Å². The van der Waals surface area contributed by atoms with E-state index in [4.69, 9.17) is 23.2 Å². The summed E-state index contributed by atoms with van der Waals surface area (Å²) in [6.07, 6.45) is 0.177. The van der Waals surface area contributed by atoms with E-state index >= 15 is 0 Å². The molecule has 0 unspecified atom stereocenters. The van der Waals surface area contributed by atoms with Crippen molar-refractivity contribution in [2.45, 2.75) is 13.3 Å². The highest BCUT2D eigenvalue weighted by atomic mass is 35.5. The van der Waals surface area contributed by atoms with E-state index in [1.807, 2.05) is 31.2 Å². The molecule has 0 fully saturated rings. The molecule has 2 N–H and O–H groups in total. The second-order valence-electron chi connectivity index (χ2n) is 4.73. The fourth-order valence-corrected chi connectivity index (χ4v) is 2.27. The minimum Gasteiger partial charge on any atom is -0.273 e. The predicted octanol–water partition coefficient (Wildman–Crippen LogP) is 3.31. The van der Waals surface area contributed by atoms with Gasteiger partial charge in [0.15, 0.2) is 0 Å². The van der Waals surface area contributed by atoms with Crippen molar-refractivity contribution >= 4 is 35.0 Å². The van der Waals surface area contributed by atoms with E-state index in [2.05, 4.69) is 10.9 Å². The first kappa shape index (κ1) is 16.3. The molecule has 0 saturated carbocycles. The van der Waals surface area contributed by atoms with Crippen molar-refractivity contribution in [2.75, 3.05) is 0 Å². The molecule has 0 spiro atoms. The van der Waals surface area contributed by atoms with Gasteiger partial charge >= 0.3 is 0 Å². The van der Waals surface area contributed by atoms with Gasteiger partial charge in [-0.1, -0.05) is 47.5 Å². The summed E-state index contributed by atoms with van der Waals surface area (Å²) < 4.78 is 0. The molecule has 0 aromatic heterocycles. The van der Waals surface area contributed by atoms with E-state index in [9.17, 15) is 9.59 Å². The molecule has 6 heteroatoms. The first-order valence-corrected chi connectivity index (χ1v) is 7.31. The maximum Gasteiger partial charge on any atom is 0.271 e. The molecule has 0 atom stereocenters. The van der Waals surface area contributed by atoms with Crippen LogP contribution in [0, 0.1) is 6.92 Å². The van der Waals surface area contributed by atoms with Gasteiger partial charge in [-0.05, 0) is 36.2 Å². The van der Waals surface area contributed by atoms with Gasteiger partial charge in [0.25, 0.3) is 5.91 Å². The zero-order valence-electron chi connectivity index (χ0n) is 11.8. The molecule has 114 valence electrons. The molecule has 4 nitrogen and oxygen atoms in total. The Hall–Kier alpha value is -2.04. The molecule has 0 saturated heterocycles. The lowest BCUT2D eigenvalue weighted by atomic mass is 10.1. The number of hydrogen-bond donors (Lipinski definition) is 2. The quantitative estimate of drug-likeness (QED) is 0.845. The van der Waals surface area contributed by atoms with E-state index < -0.39 is 5.91 Å². The van der Waals surface area contributed by atoms with Crippen LogP contribution in [-0.4, -0.2) is 11.8 Å². The minimum absolute atomic E-state index is 0.177. The third-order valence-electron chi connectivity index (χ3n) is 3.10. The minimum atomic E-state index is -0.523. The maximum atomic E-state index is 12.0. The highest BCUT2D eigenvalue weighted by Crippen LogP contribution is 2.20. The van der Waals surface area contributed by atoms with Crippen molar-refractivity contribution < 1.29 is 9.59 Å². The van der Waals surface area contributed by atoms with Crippen LogP contribution in [-0.2, 0) is 11.2 Å². The number of hydrazine groups is 1. The predicted molar refractivity (Wildman–Crippen MR) is 87.0 cm³/mol. The third-order valence-corrected chi connectivity index (χ3v) is 3.67. The van der Waals surface area contributed by atoms with Crippen molar-refractivity contribution in [3.8, 4) is 0 Å². The number of carbonyl (C=O) groups is 2. The van der Waals surface area contributed by atoms with E-state index in [-0.39, 0.29) is 22.9 Å². The Labute approximate surface area is 138 Å². The number of benzene rings is 2. The van der Waals surface area contributed by atoms with Crippen LogP contribution in [0.1, 0.15) is 21.5 Å². The summed E-state index contributed by atoms with van der Waals surface area (Å²) in [7, 11) is 0. The van der Waals surface area contributed by atoms with Crippen LogP contribution >= 0.6 is 23.2 Å². The van der Waals surface area contributed by atoms with E-state index in [0.717, 1.165) is 11.1 Å². The average molecular weight is 337 g/mol. The lowest BCUT2D eigenvalue weighted by Crippen LogP contribution is -2.42.